The summed E-state index contributed by atoms with van der Waals surface area (Å²) >= 11 is 3.46. The van der Waals surface area contributed by atoms with Crippen molar-refractivity contribution in [1.29, 1.82) is 0 Å². The molecule has 0 spiro atoms. The summed E-state index contributed by atoms with van der Waals surface area (Å²) in [6.07, 6.45) is 0. The van der Waals surface area contributed by atoms with Crippen molar-refractivity contribution in [2.45, 2.75) is 6.04 Å². The molecule has 0 saturated carbocycles. The molecule has 1 fully saturated rings. The van der Waals surface area contributed by atoms with E-state index in [2.05, 4.69) is 21.2 Å². The molecule has 4 nitrogen and oxygen atoms in total. The van der Waals surface area contributed by atoms with Gasteiger partial charge in [0.25, 0.3) is 0 Å². The van der Waals surface area contributed by atoms with Gasteiger partial charge in [-0.1, -0.05) is 0 Å². The Morgan fingerprint density at radius 3 is 2.33 bits per heavy atom. The fourth-order valence-corrected chi connectivity index (χ4v) is 2.42. The van der Waals surface area contributed by atoms with Gasteiger partial charge in [-0.05, 0) is 33.6 Å². The number of nitrogens with one attached hydrogen (secondary N) is 1. The fourth-order valence-electron chi connectivity index (χ4n) is 1.87. The van der Waals surface area contributed by atoms with Crippen LogP contribution in [0.4, 0.5) is 0 Å². The molecule has 1 atom stereocenters. The van der Waals surface area contributed by atoms with Crippen LogP contribution in [0.2, 0.25) is 0 Å². The predicted octanol–water partition coefficient (Wildman–Crippen LogP) is 2.55. The molecule has 1 saturated heterocycles. The van der Waals surface area contributed by atoms with Gasteiger partial charge in [0, 0.05) is 6.54 Å². The molecule has 1 aliphatic rings. The Balaban J connectivity index is 0.00000162. The summed E-state index contributed by atoms with van der Waals surface area (Å²) < 4.78 is 16.9. The lowest BCUT2D eigenvalue weighted by atomic mass is 10.1. The Morgan fingerprint density at radius 2 is 1.89 bits per heavy atom. The third-order valence-corrected chi connectivity index (χ3v) is 3.57. The van der Waals surface area contributed by atoms with E-state index in [9.17, 15) is 0 Å². The van der Waals surface area contributed by atoms with Crippen molar-refractivity contribution in [2.75, 3.05) is 34.0 Å². The van der Waals surface area contributed by atoms with Crippen LogP contribution in [0.25, 0.3) is 0 Å². The van der Waals surface area contributed by atoms with Gasteiger partial charge in [0.15, 0.2) is 0 Å². The number of rotatable bonds is 3. The van der Waals surface area contributed by atoms with Crippen LogP contribution in [0.1, 0.15) is 11.6 Å². The minimum absolute atomic E-state index is 0. The second-order valence-corrected chi connectivity index (χ2v) is 4.61. The highest BCUT2D eigenvalue weighted by molar-refractivity contribution is 9.10. The van der Waals surface area contributed by atoms with Crippen LogP contribution in [-0.2, 0) is 4.74 Å². The van der Waals surface area contributed by atoms with Gasteiger partial charge in [-0.25, -0.2) is 0 Å². The van der Waals surface area contributed by atoms with Gasteiger partial charge in [-0.3, -0.25) is 0 Å². The number of methoxy groups -OCH3 is 2. The predicted molar refractivity (Wildman–Crippen MR) is 76.1 cm³/mol. The Kier molecular flexibility index (Phi) is 6.21. The van der Waals surface area contributed by atoms with Crippen LogP contribution in [0.5, 0.6) is 11.5 Å². The van der Waals surface area contributed by atoms with Gasteiger partial charge in [0.05, 0.1) is 33.5 Å². The normalized spacial score (nSPS) is 18.9. The first-order chi connectivity index (χ1) is 8.26. The summed E-state index contributed by atoms with van der Waals surface area (Å²) in [5, 5.41) is 3.41. The fraction of sp³-hybridized carbons (Fsp3) is 0.500. The number of ether oxygens (including phenoxy) is 3. The van der Waals surface area contributed by atoms with Crippen molar-refractivity contribution >= 4 is 28.3 Å². The topological polar surface area (TPSA) is 39.7 Å². The van der Waals surface area contributed by atoms with Gasteiger partial charge < -0.3 is 19.5 Å². The highest BCUT2D eigenvalue weighted by Crippen LogP contribution is 2.37. The molecule has 1 aliphatic heterocycles. The van der Waals surface area contributed by atoms with Crippen LogP contribution in [-0.4, -0.2) is 34.0 Å². The SMILES string of the molecule is COc1cc([C@H]2COCCN2)cc(OC)c1Br.Cl. The number of morpholine rings is 1. The Hall–Kier alpha value is -0.490. The Morgan fingerprint density at radius 1 is 1.28 bits per heavy atom. The van der Waals surface area contributed by atoms with Gasteiger partial charge in [0.1, 0.15) is 16.0 Å². The highest BCUT2D eigenvalue weighted by Gasteiger charge is 2.19. The van der Waals surface area contributed by atoms with E-state index in [0.717, 1.165) is 34.7 Å². The maximum absolute atomic E-state index is 5.46. The van der Waals surface area contributed by atoms with E-state index in [4.69, 9.17) is 14.2 Å². The van der Waals surface area contributed by atoms with Crippen molar-refractivity contribution in [3.8, 4) is 11.5 Å². The van der Waals surface area contributed by atoms with Crippen LogP contribution in [0, 0.1) is 0 Å². The molecule has 6 heteroatoms. The number of benzene rings is 1. The number of halogens is 2. The lowest BCUT2D eigenvalue weighted by Crippen LogP contribution is -2.34. The summed E-state index contributed by atoms with van der Waals surface area (Å²) in [6, 6.07) is 4.19. The van der Waals surface area contributed by atoms with Crippen LogP contribution in [0.3, 0.4) is 0 Å². The lowest BCUT2D eigenvalue weighted by molar-refractivity contribution is 0.0767. The van der Waals surface area contributed by atoms with Gasteiger partial charge >= 0.3 is 0 Å². The number of hydrogen-bond donors (Lipinski definition) is 1. The average Bonchev–Trinajstić information content (AvgIpc) is 2.40. The van der Waals surface area contributed by atoms with Crippen molar-refractivity contribution in [2.24, 2.45) is 0 Å². The summed E-state index contributed by atoms with van der Waals surface area (Å²) in [4.78, 5) is 0. The molecule has 0 aromatic heterocycles. The quantitative estimate of drug-likeness (QED) is 0.919. The van der Waals surface area contributed by atoms with Crippen molar-refractivity contribution in [3.05, 3.63) is 22.2 Å². The molecule has 0 amide bonds. The molecular formula is C12H17BrClNO3. The third kappa shape index (κ3) is 3.29. The van der Waals surface area contributed by atoms with E-state index in [0.29, 0.717) is 6.61 Å². The summed E-state index contributed by atoms with van der Waals surface area (Å²) in [7, 11) is 3.29. The monoisotopic (exact) mass is 337 g/mol. The summed E-state index contributed by atoms with van der Waals surface area (Å²) in [5.41, 5.74) is 1.11. The number of hydrogen-bond acceptors (Lipinski definition) is 4. The molecule has 18 heavy (non-hydrogen) atoms. The molecule has 0 unspecified atom stereocenters. The molecule has 1 heterocycles. The molecule has 0 bridgehead atoms. The lowest BCUT2D eigenvalue weighted by Gasteiger charge is -2.25. The Bertz CT molecular complexity index is 372. The molecule has 102 valence electrons. The molecule has 0 aliphatic carbocycles. The first-order valence-corrected chi connectivity index (χ1v) is 6.28. The van der Waals surface area contributed by atoms with Crippen molar-refractivity contribution < 1.29 is 14.2 Å². The second-order valence-electron chi connectivity index (χ2n) is 3.82. The van der Waals surface area contributed by atoms with E-state index in [1.165, 1.54) is 0 Å². The van der Waals surface area contributed by atoms with E-state index in [-0.39, 0.29) is 18.4 Å². The first kappa shape index (κ1) is 15.6. The largest absolute Gasteiger partial charge is 0.495 e. The molecule has 1 aromatic carbocycles. The second kappa shape index (κ2) is 7.19. The van der Waals surface area contributed by atoms with E-state index in [1.807, 2.05) is 12.1 Å². The zero-order valence-corrected chi connectivity index (χ0v) is 12.8. The molecule has 1 aromatic rings. The maximum Gasteiger partial charge on any atom is 0.137 e. The third-order valence-electron chi connectivity index (χ3n) is 2.79. The average molecular weight is 339 g/mol. The van der Waals surface area contributed by atoms with Crippen LogP contribution < -0.4 is 14.8 Å². The maximum atomic E-state index is 5.46. The van der Waals surface area contributed by atoms with Gasteiger partial charge in [-0.15, -0.1) is 12.4 Å². The molecular weight excluding hydrogens is 321 g/mol. The molecule has 2 rings (SSSR count). The van der Waals surface area contributed by atoms with E-state index in [1.54, 1.807) is 14.2 Å². The van der Waals surface area contributed by atoms with Crippen molar-refractivity contribution in [1.82, 2.24) is 5.32 Å². The van der Waals surface area contributed by atoms with Gasteiger partial charge in [0.2, 0.25) is 0 Å². The highest BCUT2D eigenvalue weighted by atomic mass is 79.9. The van der Waals surface area contributed by atoms with Gasteiger partial charge in [-0.2, -0.15) is 0 Å². The minimum Gasteiger partial charge on any atom is -0.495 e. The zero-order chi connectivity index (χ0) is 12.3. The summed E-state index contributed by atoms with van der Waals surface area (Å²) in [5.74, 6) is 1.54. The standard InChI is InChI=1S/C12H16BrNO3.ClH/c1-15-10-5-8(6-11(16-2)12(10)13)9-7-17-4-3-14-9;/h5-6,9,14H,3-4,7H2,1-2H3;1H/t9-;/m1./s1. The molecule has 0 radical (unpaired) electrons. The van der Waals surface area contributed by atoms with E-state index < -0.39 is 0 Å². The van der Waals surface area contributed by atoms with Crippen molar-refractivity contribution in [3.63, 3.8) is 0 Å². The minimum atomic E-state index is 0. The first-order valence-electron chi connectivity index (χ1n) is 5.48. The van der Waals surface area contributed by atoms with Crippen LogP contribution >= 0.6 is 28.3 Å². The summed E-state index contributed by atoms with van der Waals surface area (Å²) in [6.45, 7) is 2.31. The Labute approximate surface area is 122 Å². The molecule has 1 N–H and O–H groups in total. The van der Waals surface area contributed by atoms with E-state index >= 15 is 0 Å². The zero-order valence-electron chi connectivity index (χ0n) is 10.4. The van der Waals surface area contributed by atoms with Crippen LogP contribution in [0.15, 0.2) is 16.6 Å². The smallest absolute Gasteiger partial charge is 0.137 e.